The number of benzene rings is 2. The van der Waals surface area contributed by atoms with Crippen LogP contribution < -0.4 is 9.05 Å². The molecular weight excluding hydrogens is 399 g/mol. The highest BCUT2D eigenvalue weighted by Gasteiger charge is 2.18. The molecule has 0 atom stereocenters. The summed E-state index contributed by atoms with van der Waals surface area (Å²) in [7, 11) is -1.49. The van der Waals surface area contributed by atoms with Gasteiger partial charge in [0.1, 0.15) is 11.5 Å². The standard InChI is InChI=1S/C24H35O3PS/c1-2-3-4-5-6-7-8-9-10-17-22-29-27-28(25-23-18-13-11-14-19-23)26-24-20-15-12-16-21-24/h11-16,18-21H,2-10,17,22H2,1H3. The Labute approximate surface area is 182 Å². The van der Waals surface area contributed by atoms with Crippen molar-refractivity contribution in [3.8, 4) is 11.5 Å². The molecule has 0 heterocycles. The Bertz CT molecular complexity index is 571. The van der Waals surface area contributed by atoms with E-state index < -0.39 is 8.60 Å². The van der Waals surface area contributed by atoms with Crippen LogP contribution >= 0.6 is 20.6 Å². The predicted octanol–water partition coefficient (Wildman–Crippen LogP) is 8.96. The second-order valence-electron chi connectivity index (χ2n) is 7.11. The van der Waals surface area contributed by atoms with Crippen LogP contribution in [-0.4, -0.2) is 5.75 Å². The first kappa shape index (κ1) is 24.1. The number of rotatable bonds is 17. The van der Waals surface area contributed by atoms with Gasteiger partial charge in [0, 0.05) is 17.8 Å². The smallest absolute Gasteiger partial charge is 0.417 e. The maximum atomic E-state index is 5.92. The lowest BCUT2D eigenvalue weighted by Crippen LogP contribution is -1.97. The number of hydrogen-bond acceptors (Lipinski definition) is 4. The van der Waals surface area contributed by atoms with Gasteiger partial charge in [0.15, 0.2) is 0 Å². The lowest BCUT2D eigenvalue weighted by atomic mass is 10.1. The van der Waals surface area contributed by atoms with Crippen LogP contribution in [0.5, 0.6) is 11.5 Å². The fourth-order valence-electron chi connectivity index (χ4n) is 2.91. The molecule has 0 saturated heterocycles. The SMILES string of the molecule is CCCCCCCCCCCCSOP(Oc1ccccc1)Oc1ccccc1. The Morgan fingerprint density at radius 1 is 0.621 bits per heavy atom. The monoisotopic (exact) mass is 434 g/mol. The Morgan fingerprint density at radius 2 is 1.07 bits per heavy atom. The summed E-state index contributed by atoms with van der Waals surface area (Å²) in [6.45, 7) is 2.27. The topological polar surface area (TPSA) is 27.7 Å². The summed E-state index contributed by atoms with van der Waals surface area (Å²) in [6, 6.07) is 19.4. The van der Waals surface area contributed by atoms with Gasteiger partial charge in [0.2, 0.25) is 0 Å². The minimum Gasteiger partial charge on any atom is -0.417 e. The normalized spacial score (nSPS) is 11.0. The van der Waals surface area contributed by atoms with E-state index in [0.29, 0.717) is 0 Å². The molecule has 2 aromatic rings. The molecule has 0 radical (unpaired) electrons. The number of unbranched alkanes of at least 4 members (excludes halogenated alkanes) is 9. The molecule has 0 aliphatic heterocycles. The van der Waals surface area contributed by atoms with Crippen LogP contribution in [0, 0.1) is 0 Å². The molecule has 160 valence electrons. The lowest BCUT2D eigenvalue weighted by Gasteiger charge is -2.16. The van der Waals surface area contributed by atoms with Crippen LogP contribution in [0.1, 0.15) is 71.1 Å². The Balaban J connectivity index is 1.58. The van der Waals surface area contributed by atoms with E-state index in [9.17, 15) is 0 Å². The number of para-hydroxylation sites is 2. The zero-order valence-electron chi connectivity index (χ0n) is 17.6. The third-order valence-corrected chi connectivity index (χ3v) is 6.62. The van der Waals surface area contributed by atoms with Crippen molar-refractivity contribution in [3.05, 3.63) is 60.7 Å². The van der Waals surface area contributed by atoms with E-state index in [4.69, 9.17) is 13.0 Å². The highest BCUT2D eigenvalue weighted by Crippen LogP contribution is 2.44. The van der Waals surface area contributed by atoms with Gasteiger partial charge in [-0.15, -0.1) is 0 Å². The molecule has 0 N–H and O–H groups in total. The van der Waals surface area contributed by atoms with E-state index in [1.54, 1.807) is 0 Å². The molecule has 0 aliphatic rings. The molecule has 3 nitrogen and oxygen atoms in total. The molecule has 0 saturated carbocycles. The van der Waals surface area contributed by atoms with Crippen molar-refractivity contribution in [2.24, 2.45) is 0 Å². The van der Waals surface area contributed by atoms with Gasteiger partial charge in [-0.25, -0.2) is 3.97 Å². The highest BCUT2D eigenvalue weighted by atomic mass is 32.2. The zero-order valence-corrected chi connectivity index (χ0v) is 19.3. The van der Waals surface area contributed by atoms with Gasteiger partial charge in [-0.2, -0.15) is 0 Å². The third-order valence-electron chi connectivity index (χ3n) is 4.54. The molecular formula is C24H35O3PS. The van der Waals surface area contributed by atoms with E-state index in [-0.39, 0.29) is 0 Å². The Hall–Kier alpha value is -1.22. The maximum absolute atomic E-state index is 5.92. The molecule has 2 rings (SSSR count). The molecule has 0 amide bonds. The lowest BCUT2D eigenvalue weighted by molar-refractivity contribution is 0.410. The van der Waals surface area contributed by atoms with Gasteiger partial charge in [-0.05, 0) is 30.7 Å². The zero-order chi connectivity index (χ0) is 20.4. The third kappa shape index (κ3) is 12.2. The van der Waals surface area contributed by atoms with Crippen molar-refractivity contribution in [2.75, 3.05) is 5.75 Å². The summed E-state index contributed by atoms with van der Waals surface area (Å²) in [4.78, 5) is 0. The first-order valence-corrected chi connectivity index (χ1v) is 12.9. The molecule has 0 aliphatic carbocycles. The quantitative estimate of drug-likeness (QED) is 0.141. The van der Waals surface area contributed by atoms with Crippen molar-refractivity contribution in [3.63, 3.8) is 0 Å². The molecule has 2 aromatic carbocycles. The van der Waals surface area contributed by atoms with Gasteiger partial charge in [0.05, 0.1) is 0 Å². The molecule has 29 heavy (non-hydrogen) atoms. The van der Waals surface area contributed by atoms with E-state index in [1.807, 2.05) is 60.7 Å². The van der Waals surface area contributed by atoms with Crippen LogP contribution in [-0.2, 0) is 3.97 Å². The van der Waals surface area contributed by atoms with Crippen molar-refractivity contribution in [1.82, 2.24) is 0 Å². The molecule has 0 spiro atoms. The molecule has 5 heteroatoms. The minimum absolute atomic E-state index is 0.758. The Kier molecular flexibility index (Phi) is 13.7. The van der Waals surface area contributed by atoms with E-state index in [1.165, 1.54) is 76.3 Å². The second-order valence-corrected chi connectivity index (χ2v) is 9.16. The maximum Gasteiger partial charge on any atom is 0.475 e. The summed E-state index contributed by atoms with van der Waals surface area (Å²) in [5.74, 6) is 2.48. The Morgan fingerprint density at radius 3 is 1.55 bits per heavy atom. The van der Waals surface area contributed by atoms with Crippen molar-refractivity contribution < 1.29 is 13.0 Å². The van der Waals surface area contributed by atoms with Crippen LogP contribution in [0.4, 0.5) is 0 Å². The second kappa shape index (κ2) is 16.6. The van der Waals surface area contributed by atoms with E-state index in [0.717, 1.165) is 17.3 Å². The van der Waals surface area contributed by atoms with Gasteiger partial charge < -0.3 is 9.05 Å². The number of hydrogen-bond donors (Lipinski definition) is 0. The van der Waals surface area contributed by atoms with Crippen LogP contribution in [0.25, 0.3) is 0 Å². The van der Waals surface area contributed by atoms with E-state index in [2.05, 4.69) is 6.92 Å². The summed E-state index contributed by atoms with van der Waals surface area (Å²) < 4.78 is 17.7. The fraction of sp³-hybridized carbons (Fsp3) is 0.500. The van der Waals surface area contributed by atoms with Gasteiger partial charge >= 0.3 is 8.60 Å². The largest absolute Gasteiger partial charge is 0.475 e. The molecule has 0 bridgehead atoms. The summed E-state index contributed by atoms with van der Waals surface area (Å²) in [6.07, 6.45) is 13.4. The highest BCUT2D eigenvalue weighted by molar-refractivity contribution is 7.97. The van der Waals surface area contributed by atoms with E-state index >= 15 is 0 Å². The van der Waals surface area contributed by atoms with Gasteiger partial charge in [-0.3, -0.25) is 0 Å². The van der Waals surface area contributed by atoms with Crippen molar-refractivity contribution in [2.45, 2.75) is 71.1 Å². The van der Waals surface area contributed by atoms with Crippen molar-refractivity contribution >= 4 is 20.6 Å². The van der Waals surface area contributed by atoms with Crippen LogP contribution in [0.2, 0.25) is 0 Å². The van der Waals surface area contributed by atoms with Crippen LogP contribution in [0.15, 0.2) is 60.7 Å². The fourth-order valence-corrected chi connectivity index (χ4v) is 4.75. The van der Waals surface area contributed by atoms with Gasteiger partial charge in [-0.1, -0.05) is 101 Å². The van der Waals surface area contributed by atoms with Crippen LogP contribution in [0.3, 0.4) is 0 Å². The summed E-state index contributed by atoms with van der Waals surface area (Å²) in [5.41, 5.74) is 0. The first-order chi connectivity index (χ1) is 14.4. The van der Waals surface area contributed by atoms with Gasteiger partial charge in [0.25, 0.3) is 0 Å². The summed E-state index contributed by atoms with van der Waals surface area (Å²) >= 11 is 1.46. The molecule has 0 fully saturated rings. The molecule has 0 unspecified atom stereocenters. The molecule has 0 aromatic heterocycles. The average molecular weight is 435 g/mol. The van der Waals surface area contributed by atoms with Crippen molar-refractivity contribution in [1.29, 1.82) is 0 Å². The predicted molar refractivity (Wildman–Crippen MR) is 126 cm³/mol. The first-order valence-electron chi connectivity index (χ1n) is 10.9. The minimum atomic E-state index is -1.49. The average Bonchev–Trinajstić information content (AvgIpc) is 2.76. The summed E-state index contributed by atoms with van der Waals surface area (Å²) in [5, 5.41) is 0.